The second-order valence-corrected chi connectivity index (χ2v) is 6.31. The molecule has 5 heteroatoms. The molecule has 0 bridgehead atoms. The van der Waals surface area contributed by atoms with Crippen molar-refractivity contribution < 1.29 is 9.59 Å². The molecule has 1 aromatic rings. The first-order valence-corrected chi connectivity index (χ1v) is 8.14. The van der Waals surface area contributed by atoms with Crippen LogP contribution in [0.4, 0.5) is 0 Å². The minimum absolute atomic E-state index is 0.00629. The lowest BCUT2D eigenvalue weighted by molar-refractivity contribution is -0.122. The van der Waals surface area contributed by atoms with E-state index in [1.165, 1.54) is 10.4 Å². The van der Waals surface area contributed by atoms with Crippen LogP contribution in [0, 0.1) is 0 Å². The predicted molar refractivity (Wildman–Crippen MR) is 81.2 cm³/mol. The monoisotopic (exact) mass is 294 g/mol. The van der Waals surface area contributed by atoms with E-state index in [4.69, 9.17) is 0 Å². The van der Waals surface area contributed by atoms with Crippen molar-refractivity contribution >= 4 is 23.2 Å². The van der Waals surface area contributed by atoms with Crippen LogP contribution in [0.25, 0.3) is 0 Å². The fourth-order valence-electron chi connectivity index (χ4n) is 2.43. The van der Waals surface area contributed by atoms with Gasteiger partial charge < -0.3 is 10.6 Å². The number of nitrogens with one attached hydrogen (secondary N) is 2. The quantitative estimate of drug-likeness (QED) is 0.875. The fourth-order valence-corrected chi connectivity index (χ4v) is 3.69. The van der Waals surface area contributed by atoms with E-state index in [9.17, 15) is 9.59 Å². The van der Waals surface area contributed by atoms with E-state index in [0.717, 1.165) is 30.6 Å². The van der Waals surface area contributed by atoms with Crippen molar-refractivity contribution in [3.63, 3.8) is 0 Å². The van der Waals surface area contributed by atoms with Crippen LogP contribution in [-0.2, 0) is 17.6 Å². The third-order valence-corrected chi connectivity index (χ3v) is 4.81. The third-order valence-electron chi connectivity index (χ3n) is 3.58. The lowest BCUT2D eigenvalue weighted by Gasteiger charge is -2.23. The van der Waals surface area contributed by atoms with E-state index in [-0.39, 0.29) is 17.9 Å². The van der Waals surface area contributed by atoms with Gasteiger partial charge in [0.05, 0.1) is 4.88 Å². The Labute approximate surface area is 124 Å². The molecule has 1 fully saturated rings. The maximum atomic E-state index is 12.3. The number of carbonyl (C=O) groups excluding carboxylic acids is 2. The number of thiophene rings is 1. The number of piperidine rings is 1. The topological polar surface area (TPSA) is 58.2 Å². The molecule has 0 spiro atoms. The summed E-state index contributed by atoms with van der Waals surface area (Å²) < 4.78 is 0. The molecule has 1 saturated heterocycles. The van der Waals surface area contributed by atoms with Crippen molar-refractivity contribution in [3.05, 3.63) is 21.4 Å². The zero-order chi connectivity index (χ0) is 14.5. The molecule has 2 heterocycles. The molecule has 0 aromatic carbocycles. The summed E-state index contributed by atoms with van der Waals surface area (Å²) >= 11 is 1.61. The molecule has 1 unspecified atom stereocenters. The van der Waals surface area contributed by atoms with Gasteiger partial charge >= 0.3 is 0 Å². The standard InChI is InChI=1S/C15H22N2O2S/c1-3-5-12-10(4-2)8-13(20-12)15(19)17-11-6-7-14(18)16-9-11/h8,11H,3-7,9H2,1-2H3,(H,16,18)(H,17,19). The molecule has 1 aromatic heterocycles. The minimum Gasteiger partial charge on any atom is -0.354 e. The molecule has 0 aliphatic carbocycles. The van der Waals surface area contributed by atoms with Gasteiger partial charge in [-0.2, -0.15) is 0 Å². The van der Waals surface area contributed by atoms with Crippen molar-refractivity contribution in [1.29, 1.82) is 0 Å². The van der Waals surface area contributed by atoms with Crippen molar-refractivity contribution in [2.45, 2.75) is 52.0 Å². The van der Waals surface area contributed by atoms with Crippen LogP contribution in [0.5, 0.6) is 0 Å². The van der Waals surface area contributed by atoms with Crippen molar-refractivity contribution in [3.8, 4) is 0 Å². The molecule has 110 valence electrons. The second-order valence-electron chi connectivity index (χ2n) is 5.18. The van der Waals surface area contributed by atoms with Crippen LogP contribution in [0.2, 0.25) is 0 Å². The lowest BCUT2D eigenvalue weighted by atomic mass is 10.1. The SMILES string of the molecule is CCCc1sc(C(=O)NC2CCC(=O)NC2)cc1CC. The summed E-state index contributed by atoms with van der Waals surface area (Å²) in [7, 11) is 0. The van der Waals surface area contributed by atoms with Crippen molar-refractivity contribution in [2.75, 3.05) is 6.54 Å². The first kappa shape index (κ1) is 15.0. The summed E-state index contributed by atoms with van der Waals surface area (Å²) in [5, 5.41) is 5.81. The van der Waals surface area contributed by atoms with Gasteiger partial charge in [0.25, 0.3) is 5.91 Å². The van der Waals surface area contributed by atoms with Gasteiger partial charge in [-0.15, -0.1) is 11.3 Å². The Hall–Kier alpha value is -1.36. The summed E-state index contributed by atoms with van der Waals surface area (Å²) in [5.41, 5.74) is 1.29. The minimum atomic E-state index is -0.00629. The summed E-state index contributed by atoms with van der Waals surface area (Å²) in [5.74, 6) is 0.0679. The molecule has 0 radical (unpaired) electrons. The van der Waals surface area contributed by atoms with Gasteiger partial charge in [0.1, 0.15) is 0 Å². The summed E-state index contributed by atoms with van der Waals surface area (Å²) in [4.78, 5) is 25.5. The number of aryl methyl sites for hydroxylation is 2. The highest BCUT2D eigenvalue weighted by molar-refractivity contribution is 7.14. The molecular weight excluding hydrogens is 272 g/mol. The highest BCUT2D eigenvalue weighted by atomic mass is 32.1. The van der Waals surface area contributed by atoms with Gasteiger partial charge in [-0.25, -0.2) is 0 Å². The molecule has 2 N–H and O–H groups in total. The maximum absolute atomic E-state index is 12.3. The summed E-state index contributed by atoms with van der Waals surface area (Å²) in [6.45, 7) is 4.82. The Bertz CT molecular complexity index is 486. The number of hydrogen-bond acceptors (Lipinski definition) is 3. The Morgan fingerprint density at radius 3 is 2.90 bits per heavy atom. The Morgan fingerprint density at radius 2 is 2.30 bits per heavy atom. The zero-order valence-electron chi connectivity index (χ0n) is 12.1. The Balaban J connectivity index is 2.00. The third kappa shape index (κ3) is 3.60. The van der Waals surface area contributed by atoms with Crippen LogP contribution in [0.3, 0.4) is 0 Å². The van der Waals surface area contributed by atoms with E-state index < -0.39 is 0 Å². The van der Waals surface area contributed by atoms with Gasteiger partial charge in [0.15, 0.2) is 0 Å². The van der Waals surface area contributed by atoms with E-state index in [0.29, 0.717) is 13.0 Å². The molecule has 1 atom stereocenters. The number of rotatable bonds is 5. The zero-order valence-corrected chi connectivity index (χ0v) is 12.9. The molecule has 1 aliphatic rings. The number of amides is 2. The van der Waals surface area contributed by atoms with E-state index in [1.807, 2.05) is 6.07 Å². The van der Waals surface area contributed by atoms with Gasteiger partial charge in [-0.05, 0) is 30.9 Å². The average molecular weight is 294 g/mol. The smallest absolute Gasteiger partial charge is 0.261 e. The fraction of sp³-hybridized carbons (Fsp3) is 0.600. The maximum Gasteiger partial charge on any atom is 0.261 e. The Kier molecular flexibility index (Phi) is 5.17. The normalized spacial score (nSPS) is 18.7. The largest absolute Gasteiger partial charge is 0.354 e. The van der Waals surface area contributed by atoms with Gasteiger partial charge in [0, 0.05) is 23.9 Å². The number of carbonyl (C=O) groups is 2. The van der Waals surface area contributed by atoms with Gasteiger partial charge in [0.2, 0.25) is 5.91 Å². The number of hydrogen-bond donors (Lipinski definition) is 2. The van der Waals surface area contributed by atoms with E-state index in [2.05, 4.69) is 24.5 Å². The van der Waals surface area contributed by atoms with Crippen molar-refractivity contribution in [1.82, 2.24) is 10.6 Å². The van der Waals surface area contributed by atoms with Crippen LogP contribution in [-0.4, -0.2) is 24.4 Å². The highest BCUT2D eigenvalue weighted by Gasteiger charge is 2.21. The van der Waals surface area contributed by atoms with Gasteiger partial charge in [-0.3, -0.25) is 9.59 Å². The summed E-state index contributed by atoms with van der Waals surface area (Å²) in [6.07, 6.45) is 4.34. The van der Waals surface area contributed by atoms with Crippen molar-refractivity contribution in [2.24, 2.45) is 0 Å². The molecule has 1 aliphatic heterocycles. The highest BCUT2D eigenvalue weighted by Crippen LogP contribution is 2.24. The summed E-state index contributed by atoms with van der Waals surface area (Å²) in [6, 6.07) is 2.08. The molecule has 0 saturated carbocycles. The first-order valence-electron chi connectivity index (χ1n) is 7.33. The first-order chi connectivity index (χ1) is 9.63. The Morgan fingerprint density at radius 1 is 1.50 bits per heavy atom. The molecule has 20 heavy (non-hydrogen) atoms. The second kappa shape index (κ2) is 6.88. The molecule has 2 amide bonds. The lowest BCUT2D eigenvalue weighted by Crippen LogP contribution is -2.47. The van der Waals surface area contributed by atoms with Crippen LogP contribution >= 0.6 is 11.3 Å². The molecule has 4 nitrogen and oxygen atoms in total. The van der Waals surface area contributed by atoms with Gasteiger partial charge in [-0.1, -0.05) is 20.3 Å². The predicted octanol–water partition coefficient (Wildman–Crippen LogP) is 2.27. The molecular formula is C15H22N2O2S. The van der Waals surface area contributed by atoms with E-state index in [1.54, 1.807) is 11.3 Å². The van der Waals surface area contributed by atoms with Crippen LogP contribution < -0.4 is 10.6 Å². The van der Waals surface area contributed by atoms with Crippen LogP contribution in [0.1, 0.15) is 53.2 Å². The van der Waals surface area contributed by atoms with Crippen LogP contribution in [0.15, 0.2) is 6.07 Å². The average Bonchev–Trinajstić information content (AvgIpc) is 2.85. The molecule has 2 rings (SSSR count). The van der Waals surface area contributed by atoms with E-state index >= 15 is 0 Å².